The van der Waals surface area contributed by atoms with Gasteiger partial charge in [0.2, 0.25) is 0 Å². The number of aryl methyl sites for hydroxylation is 1. The zero-order valence-corrected chi connectivity index (χ0v) is 16.7. The highest BCUT2D eigenvalue weighted by Crippen LogP contribution is 2.31. The van der Waals surface area contributed by atoms with Crippen LogP contribution in [0.1, 0.15) is 34.2 Å². The number of hydrogen-bond acceptors (Lipinski definition) is 3. The van der Waals surface area contributed by atoms with E-state index in [1.165, 1.54) is 27.9 Å². The summed E-state index contributed by atoms with van der Waals surface area (Å²) in [5.74, 6) is -1.39. The van der Waals surface area contributed by atoms with Gasteiger partial charge in [-0.1, -0.05) is 0 Å². The summed E-state index contributed by atoms with van der Waals surface area (Å²) < 4.78 is 56.1. The van der Waals surface area contributed by atoms with Crippen molar-refractivity contribution in [1.29, 1.82) is 0 Å². The molecule has 0 unspecified atom stereocenters. The molecule has 6 nitrogen and oxygen atoms in total. The molecule has 3 heterocycles. The van der Waals surface area contributed by atoms with Crippen molar-refractivity contribution < 1.29 is 22.4 Å². The van der Waals surface area contributed by atoms with Gasteiger partial charge in [-0.25, -0.2) is 9.37 Å². The number of hydrogen-bond donors (Lipinski definition) is 0. The first-order valence-electron chi connectivity index (χ1n) is 9.47. The van der Waals surface area contributed by atoms with Crippen LogP contribution in [0, 0.1) is 12.7 Å². The second kappa shape index (κ2) is 7.36. The summed E-state index contributed by atoms with van der Waals surface area (Å²) in [5, 5.41) is 0. The lowest BCUT2D eigenvalue weighted by Crippen LogP contribution is -2.49. The monoisotopic (exact) mass is 434 g/mol. The van der Waals surface area contributed by atoms with E-state index in [4.69, 9.17) is 0 Å². The number of pyridine rings is 1. The maximum absolute atomic E-state index is 14.2. The van der Waals surface area contributed by atoms with Crippen LogP contribution < -0.4 is 5.56 Å². The number of alkyl halides is 3. The first-order valence-corrected chi connectivity index (χ1v) is 9.47. The third-order valence-electron chi connectivity index (χ3n) is 5.32. The highest BCUT2D eigenvalue weighted by molar-refractivity contribution is 5.93. The van der Waals surface area contributed by atoms with Crippen molar-refractivity contribution in [2.75, 3.05) is 0 Å². The smallest absolute Gasteiger partial charge is 0.328 e. The molecule has 1 aliphatic rings. The van der Waals surface area contributed by atoms with Crippen LogP contribution in [-0.4, -0.2) is 31.0 Å². The number of rotatable bonds is 3. The third-order valence-corrected chi connectivity index (χ3v) is 5.32. The van der Waals surface area contributed by atoms with Gasteiger partial charge in [0.05, 0.1) is 17.6 Å². The van der Waals surface area contributed by atoms with Crippen LogP contribution >= 0.6 is 0 Å². The van der Waals surface area contributed by atoms with Crippen molar-refractivity contribution in [1.82, 2.24) is 19.0 Å². The van der Waals surface area contributed by atoms with Gasteiger partial charge in [-0.3, -0.25) is 9.59 Å². The van der Waals surface area contributed by atoms with Gasteiger partial charge in [-0.05, 0) is 44.2 Å². The molecule has 1 aromatic carbocycles. The lowest BCUT2D eigenvalue weighted by atomic mass is 10.1. The normalized spacial score (nSPS) is 16.5. The number of benzene rings is 1. The first kappa shape index (κ1) is 20.8. The van der Waals surface area contributed by atoms with Gasteiger partial charge in [0.15, 0.2) is 0 Å². The number of nitrogens with zero attached hydrogens (tertiary/aromatic N) is 4. The van der Waals surface area contributed by atoms with Crippen molar-refractivity contribution >= 4 is 5.91 Å². The maximum Gasteiger partial charge on any atom is 0.416 e. The summed E-state index contributed by atoms with van der Waals surface area (Å²) in [4.78, 5) is 31.3. The van der Waals surface area contributed by atoms with Crippen molar-refractivity contribution in [2.45, 2.75) is 39.2 Å². The molecular weight excluding hydrogens is 416 g/mol. The minimum Gasteiger partial charge on any atom is -0.328 e. The molecule has 0 bridgehead atoms. The molecule has 162 valence electrons. The highest BCUT2D eigenvalue weighted by Gasteiger charge is 2.34. The molecule has 4 rings (SSSR count). The van der Waals surface area contributed by atoms with Gasteiger partial charge >= 0.3 is 6.18 Å². The fraction of sp³-hybridized carbons (Fsp3) is 0.286. The van der Waals surface area contributed by atoms with E-state index in [0.29, 0.717) is 17.8 Å². The minimum atomic E-state index is -4.62. The van der Waals surface area contributed by atoms with Crippen LogP contribution in [0.2, 0.25) is 0 Å². The Morgan fingerprint density at radius 1 is 1.16 bits per heavy atom. The zero-order valence-electron chi connectivity index (χ0n) is 16.7. The molecule has 0 N–H and O–H groups in total. The Labute approximate surface area is 174 Å². The summed E-state index contributed by atoms with van der Waals surface area (Å²) in [7, 11) is 0. The number of aromatic nitrogens is 3. The predicted octanol–water partition coefficient (Wildman–Crippen LogP) is 3.54. The molecule has 31 heavy (non-hydrogen) atoms. The quantitative estimate of drug-likeness (QED) is 0.593. The topological polar surface area (TPSA) is 60.1 Å². The van der Waals surface area contributed by atoms with Gasteiger partial charge < -0.3 is 14.0 Å². The second-order valence-corrected chi connectivity index (χ2v) is 7.53. The van der Waals surface area contributed by atoms with E-state index in [-0.39, 0.29) is 29.9 Å². The average molecular weight is 434 g/mol. The van der Waals surface area contributed by atoms with Crippen LogP contribution in [0.15, 0.2) is 47.7 Å². The average Bonchev–Trinajstić information content (AvgIpc) is 3.12. The van der Waals surface area contributed by atoms with E-state index in [2.05, 4.69) is 4.98 Å². The summed E-state index contributed by atoms with van der Waals surface area (Å²) in [6.07, 6.45) is -1.45. The number of carbonyl (C=O) groups excluding carboxylic acids is 1. The fourth-order valence-electron chi connectivity index (χ4n) is 3.68. The van der Waals surface area contributed by atoms with Gasteiger partial charge in [-0.15, -0.1) is 0 Å². The molecule has 0 radical (unpaired) electrons. The largest absolute Gasteiger partial charge is 0.416 e. The summed E-state index contributed by atoms with van der Waals surface area (Å²) in [5.41, 5.74) is -0.479. The Morgan fingerprint density at radius 3 is 2.55 bits per heavy atom. The highest BCUT2D eigenvalue weighted by atomic mass is 19.4. The molecule has 0 fully saturated rings. The molecule has 2 aromatic heterocycles. The van der Waals surface area contributed by atoms with Gasteiger partial charge in [0, 0.05) is 30.9 Å². The Hall–Kier alpha value is -3.43. The SMILES string of the molecule is Cc1cn(-c2ccc3n(c2=O)C[C@@H](C)N(Cc2cc(C(F)(F)F)ccc2F)C3=O)cn1. The van der Waals surface area contributed by atoms with E-state index in [9.17, 15) is 27.2 Å². The minimum absolute atomic E-state index is 0.0936. The van der Waals surface area contributed by atoms with Gasteiger partial charge in [0.25, 0.3) is 11.5 Å². The van der Waals surface area contributed by atoms with Crippen LogP contribution in [0.25, 0.3) is 5.69 Å². The van der Waals surface area contributed by atoms with Crippen molar-refractivity contribution in [3.8, 4) is 5.69 Å². The van der Waals surface area contributed by atoms with E-state index in [0.717, 1.165) is 11.8 Å². The summed E-state index contributed by atoms with van der Waals surface area (Å²) in [6, 6.07) is 4.55. The lowest BCUT2D eigenvalue weighted by molar-refractivity contribution is -0.137. The lowest BCUT2D eigenvalue weighted by Gasteiger charge is -2.35. The van der Waals surface area contributed by atoms with Crippen molar-refractivity contribution in [3.63, 3.8) is 0 Å². The fourth-order valence-corrected chi connectivity index (χ4v) is 3.68. The number of amides is 1. The number of halogens is 4. The molecule has 0 saturated carbocycles. The molecule has 10 heteroatoms. The molecule has 3 aromatic rings. The maximum atomic E-state index is 14.2. The second-order valence-electron chi connectivity index (χ2n) is 7.53. The number of imidazole rings is 1. The molecule has 0 aliphatic carbocycles. The molecule has 0 saturated heterocycles. The molecule has 0 spiro atoms. The summed E-state index contributed by atoms with van der Waals surface area (Å²) >= 11 is 0. The zero-order chi connectivity index (χ0) is 22.5. The Bertz CT molecular complexity index is 1230. The van der Waals surface area contributed by atoms with E-state index in [1.807, 2.05) is 0 Å². The van der Waals surface area contributed by atoms with Crippen molar-refractivity contribution in [2.24, 2.45) is 0 Å². The Balaban J connectivity index is 1.69. The standard InChI is InChI=1S/C21H18F4N4O2/c1-12-8-27(11-26-12)17-5-6-18-20(31)28(13(2)9-29(18)19(17)30)10-14-7-15(21(23,24)25)3-4-16(14)22/h3-8,11,13H,9-10H2,1-2H3/t13-/m1/s1. The van der Waals surface area contributed by atoms with E-state index in [1.54, 1.807) is 24.6 Å². The summed E-state index contributed by atoms with van der Waals surface area (Å²) in [6.45, 7) is 3.23. The third kappa shape index (κ3) is 3.73. The number of fused-ring (bicyclic) bond motifs is 1. The Morgan fingerprint density at radius 2 is 1.90 bits per heavy atom. The van der Waals surface area contributed by atoms with Gasteiger partial charge in [0.1, 0.15) is 17.2 Å². The predicted molar refractivity (Wildman–Crippen MR) is 103 cm³/mol. The van der Waals surface area contributed by atoms with Crippen molar-refractivity contribution in [3.05, 3.63) is 81.5 Å². The number of carbonyl (C=O) groups is 1. The van der Waals surface area contributed by atoms with E-state index < -0.39 is 29.5 Å². The molecule has 1 amide bonds. The molecule has 1 atom stereocenters. The first-order chi connectivity index (χ1) is 14.6. The molecular formula is C21H18F4N4O2. The van der Waals surface area contributed by atoms with Crippen LogP contribution in [0.3, 0.4) is 0 Å². The molecule has 1 aliphatic heterocycles. The van der Waals surface area contributed by atoms with Crippen LogP contribution in [0.5, 0.6) is 0 Å². The Kier molecular flexibility index (Phi) is 4.95. The van der Waals surface area contributed by atoms with Crippen LogP contribution in [-0.2, 0) is 19.3 Å². The van der Waals surface area contributed by atoms with Crippen LogP contribution in [0.4, 0.5) is 17.6 Å². The van der Waals surface area contributed by atoms with Gasteiger partial charge in [-0.2, -0.15) is 13.2 Å². The van der Waals surface area contributed by atoms with E-state index >= 15 is 0 Å².